The Kier molecular flexibility index (Phi) is 4.53. The average Bonchev–Trinajstić information content (AvgIpc) is 2.38. The van der Waals surface area contributed by atoms with E-state index in [0.717, 1.165) is 0 Å². The van der Waals surface area contributed by atoms with Gasteiger partial charge in [0.05, 0.1) is 7.11 Å². The highest BCUT2D eigenvalue weighted by molar-refractivity contribution is 6.31. The van der Waals surface area contributed by atoms with E-state index in [-0.39, 0.29) is 11.3 Å². The third kappa shape index (κ3) is 3.24. The molecule has 2 aromatic carbocycles. The zero-order valence-electron chi connectivity index (χ0n) is 10.7. The number of halogens is 3. The maximum atomic E-state index is 13.8. The van der Waals surface area contributed by atoms with Crippen LogP contribution in [0.5, 0.6) is 5.75 Å². The van der Waals surface area contributed by atoms with Gasteiger partial charge in [-0.15, -0.1) is 0 Å². The number of hydrogen-bond donors (Lipinski definition) is 1. The van der Waals surface area contributed by atoms with Gasteiger partial charge in [0, 0.05) is 26.9 Å². The number of nitrogens with two attached hydrogens (primary N) is 1. The molecule has 0 saturated heterocycles. The Morgan fingerprint density at radius 2 is 1.80 bits per heavy atom. The predicted molar refractivity (Wildman–Crippen MR) is 81.5 cm³/mol. The van der Waals surface area contributed by atoms with Gasteiger partial charge < -0.3 is 10.5 Å². The summed E-state index contributed by atoms with van der Waals surface area (Å²) in [6, 6.07) is 9.45. The molecule has 0 bridgehead atoms. The molecule has 20 heavy (non-hydrogen) atoms. The van der Waals surface area contributed by atoms with E-state index in [4.69, 9.17) is 33.7 Å². The van der Waals surface area contributed by atoms with E-state index in [9.17, 15) is 4.39 Å². The number of methoxy groups -OCH3 is 1. The standard InChI is InChI=1S/C15H12Cl2FNO/c1-20-15-5-3-10(16)6-9(15)7-14(19)12-4-2-11(17)8-13(12)18/h2-8H,19H2,1H3/b14-7-. The van der Waals surface area contributed by atoms with Gasteiger partial charge in [0.15, 0.2) is 0 Å². The predicted octanol–water partition coefficient (Wildman–Crippen LogP) is 4.60. The van der Waals surface area contributed by atoms with E-state index in [1.54, 1.807) is 37.5 Å². The molecule has 104 valence electrons. The lowest BCUT2D eigenvalue weighted by Gasteiger charge is -2.08. The van der Waals surface area contributed by atoms with Crippen LogP contribution < -0.4 is 10.5 Å². The Morgan fingerprint density at radius 1 is 1.15 bits per heavy atom. The fourth-order valence-corrected chi connectivity index (χ4v) is 2.13. The average molecular weight is 312 g/mol. The van der Waals surface area contributed by atoms with E-state index in [1.165, 1.54) is 12.1 Å². The van der Waals surface area contributed by atoms with Crippen molar-refractivity contribution < 1.29 is 9.13 Å². The summed E-state index contributed by atoms with van der Waals surface area (Å²) >= 11 is 11.7. The molecule has 0 heterocycles. The summed E-state index contributed by atoms with van der Waals surface area (Å²) in [6.45, 7) is 0. The third-order valence-electron chi connectivity index (χ3n) is 2.74. The summed E-state index contributed by atoms with van der Waals surface area (Å²) in [5, 5.41) is 0.862. The van der Waals surface area contributed by atoms with Crippen molar-refractivity contribution in [1.29, 1.82) is 0 Å². The molecule has 0 fully saturated rings. The molecule has 0 aliphatic carbocycles. The van der Waals surface area contributed by atoms with Crippen molar-refractivity contribution in [2.45, 2.75) is 0 Å². The highest BCUT2D eigenvalue weighted by Crippen LogP contribution is 2.27. The van der Waals surface area contributed by atoms with Gasteiger partial charge in [0.1, 0.15) is 11.6 Å². The van der Waals surface area contributed by atoms with Crippen LogP contribution in [0.4, 0.5) is 4.39 Å². The first kappa shape index (κ1) is 14.7. The van der Waals surface area contributed by atoms with Crippen molar-refractivity contribution >= 4 is 35.0 Å². The van der Waals surface area contributed by atoms with Crippen molar-refractivity contribution in [3.63, 3.8) is 0 Å². The van der Waals surface area contributed by atoms with Crippen LogP contribution in [0.2, 0.25) is 10.0 Å². The first-order valence-electron chi connectivity index (χ1n) is 5.77. The Bertz CT molecular complexity index is 671. The summed E-state index contributed by atoms with van der Waals surface area (Å²) in [7, 11) is 1.54. The molecular weight excluding hydrogens is 300 g/mol. The SMILES string of the molecule is COc1ccc(Cl)cc1/C=C(\N)c1ccc(Cl)cc1F. The van der Waals surface area contributed by atoms with Gasteiger partial charge >= 0.3 is 0 Å². The maximum Gasteiger partial charge on any atom is 0.133 e. The van der Waals surface area contributed by atoms with Gasteiger partial charge in [-0.2, -0.15) is 0 Å². The van der Waals surface area contributed by atoms with Crippen molar-refractivity contribution in [2.24, 2.45) is 5.73 Å². The molecular formula is C15H12Cl2FNO. The van der Waals surface area contributed by atoms with Crippen molar-refractivity contribution in [3.8, 4) is 5.75 Å². The third-order valence-corrected chi connectivity index (χ3v) is 3.22. The fourth-order valence-electron chi connectivity index (χ4n) is 1.79. The molecule has 2 N–H and O–H groups in total. The van der Waals surface area contributed by atoms with E-state index < -0.39 is 5.82 Å². The molecule has 0 atom stereocenters. The normalized spacial score (nSPS) is 11.5. The van der Waals surface area contributed by atoms with Crippen LogP contribution in [-0.2, 0) is 0 Å². The first-order valence-corrected chi connectivity index (χ1v) is 6.53. The molecule has 0 saturated carbocycles. The highest BCUT2D eigenvalue weighted by Gasteiger charge is 2.08. The van der Waals surface area contributed by atoms with E-state index in [2.05, 4.69) is 0 Å². The second kappa shape index (κ2) is 6.16. The van der Waals surface area contributed by atoms with Crippen LogP contribution in [-0.4, -0.2) is 7.11 Å². The monoisotopic (exact) mass is 311 g/mol. The van der Waals surface area contributed by atoms with Crippen LogP contribution in [0.1, 0.15) is 11.1 Å². The van der Waals surface area contributed by atoms with Crippen molar-refractivity contribution in [2.75, 3.05) is 7.11 Å². The number of rotatable bonds is 3. The molecule has 2 rings (SSSR count). The van der Waals surface area contributed by atoms with Gasteiger partial charge in [0.25, 0.3) is 0 Å². The Hall–Kier alpha value is -1.71. The molecule has 2 nitrogen and oxygen atoms in total. The molecule has 0 spiro atoms. The lowest BCUT2D eigenvalue weighted by molar-refractivity contribution is 0.414. The number of ether oxygens (including phenoxy) is 1. The zero-order valence-corrected chi connectivity index (χ0v) is 12.2. The Labute approximate surface area is 126 Å². The summed E-state index contributed by atoms with van der Waals surface area (Å²) in [6.07, 6.45) is 1.61. The van der Waals surface area contributed by atoms with Crippen molar-refractivity contribution in [3.05, 3.63) is 63.4 Å². The smallest absolute Gasteiger partial charge is 0.133 e. The Balaban J connectivity index is 2.46. The lowest BCUT2D eigenvalue weighted by atomic mass is 10.1. The largest absolute Gasteiger partial charge is 0.496 e. The maximum absolute atomic E-state index is 13.8. The summed E-state index contributed by atoms with van der Waals surface area (Å²) in [4.78, 5) is 0. The number of benzene rings is 2. The minimum absolute atomic E-state index is 0.264. The van der Waals surface area contributed by atoms with Gasteiger partial charge in [-0.25, -0.2) is 4.39 Å². The molecule has 0 aliphatic heterocycles. The van der Waals surface area contributed by atoms with Crippen molar-refractivity contribution in [1.82, 2.24) is 0 Å². The molecule has 2 aromatic rings. The highest BCUT2D eigenvalue weighted by atomic mass is 35.5. The van der Waals surface area contributed by atoms with E-state index in [1.807, 2.05) is 0 Å². The minimum atomic E-state index is -0.479. The van der Waals surface area contributed by atoms with Gasteiger partial charge in [-0.3, -0.25) is 0 Å². The fraction of sp³-hybridized carbons (Fsp3) is 0.0667. The van der Waals surface area contributed by atoms with Gasteiger partial charge in [-0.1, -0.05) is 23.2 Å². The van der Waals surface area contributed by atoms with E-state index >= 15 is 0 Å². The summed E-state index contributed by atoms with van der Waals surface area (Å²) in [5.74, 6) is 0.124. The topological polar surface area (TPSA) is 35.2 Å². The lowest BCUT2D eigenvalue weighted by Crippen LogP contribution is -1.99. The molecule has 0 radical (unpaired) electrons. The molecule has 0 unspecified atom stereocenters. The zero-order chi connectivity index (χ0) is 14.7. The molecule has 0 aromatic heterocycles. The first-order chi connectivity index (χ1) is 9.51. The summed E-state index contributed by atoms with van der Waals surface area (Å²) < 4.78 is 19.0. The second-order valence-electron chi connectivity index (χ2n) is 4.11. The quantitative estimate of drug-likeness (QED) is 0.841. The molecule has 0 aliphatic rings. The van der Waals surface area contributed by atoms with Crippen LogP contribution in [0.15, 0.2) is 36.4 Å². The van der Waals surface area contributed by atoms with Crippen LogP contribution in [0.25, 0.3) is 11.8 Å². The van der Waals surface area contributed by atoms with Crippen LogP contribution >= 0.6 is 23.2 Å². The van der Waals surface area contributed by atoms with Gasteiger partial charge in [-0.05, 0) is 42.5 Å². The second-order valence-corrected chi connectivity index (χ2v) is 4.98. The van der Waals surface area contributed by atoms with Crippen LogP contribution in [0.3, 0.4) is 0 Å². The minimum Gasteiger partial charge on any atom is -0.496 e. The van der Waals surface area contributed by atoms with Gasteiger partial charge in [0.2, 0.25) is 0 Å². The summed E-state index contributed by atoms with van der Waals surface area (Å²) in [5.41, 5.74) is 7.14. The van der Waals surface area contributed by atoms with Crippen LogP contribution in [0, 0.1) is 5.82 Å². The number of hydrogen-bond acceptors (Lipinski definition) is 2. The molecule has 5 heteroatoms. The van der Waals surface area contributed by atoms with E-state index in [0.29, 0.717) is 21.4 Å². The Morgan fingerprint density at radius 3 is 2.45 bits per heavy atom. The molecule has 0 amide bonds.